The van der Waals surface area contributed by atoms with Gasteiger partial charge in [-0.3, -0.25) is 0 Å². The van der Waals surface area contributed by atoms with Gasteiger partial charge in [0, 0.05) is 8.80 Å². The average molecular weight is 578 g/mol. The summed E-state index contributed by atoms with van der Waals surface area (Å²) < 4.78 is 0. The Hall–Kier alpha value is 0.217. The maximum Gasteiger partial charge on any atom is 0.0479 e. The van der Waals surface area contributed by atoms with Crippen LogP contribution in [0, 0.1) is 0 Å². The van der Waals surface area contributed by atoms with Gasteiger partial charge in [-0.1, -0.05) is 251 Å². The second-order valence-corrected chi connectivity index (χ2v) is 16.6. The van der Waals surface area contributed by atoms with E-state index < -0.39 is 0 Å². The van der Waals surface area contributed by atoms with Crippen molar-refractivity contribution in [2.45, 2.75) is 251 Å². The molecule has 0 amide bonds. The first kappa shape index (κ1) is 40.2. The fourth-order valence-corrected chi connectivity index (χ4v) is 9.49. The smallest absolute Gasteiger partial charge is 0.0479 e. The fourth-order valence-electron chi connectivity index (χ4n) is 6.49. The molecule has 0 aliphatic carbocycles. The third-order valence-electron chi connectivity index (χ3n) is 9.40. The Morgan fingerprint density at radius 1 is 0.200 bits per heavy atom. The highest BCUT2D eigenvalue weighted by Gasteiger charge is 2.11. The average Bonchev–Trinajstić information content (AvgIpc) is 2.97. The van der Waals surface area contributed by atoms with Gasteiger partial charge in [-0.25, -0.2) is 0 Å². The zero-order valence-corrected chi connectivity index (χ0v) is 30.0. The molecule has 0 bridgehead atoms. The Kier molecular flexibility index (Phi) is 37.4. The molecule has 0 aromatic rings. The van der Waals surface area contributed by atoms with Crippen molar-refractivity contribution in [3.63, 3.8) is 0 Å². The quantitative estimate of drug-likeness (QED) is 0.0513. The molecule has 0 unspecified atom stereocenters. The van der Waals surface area contributed by atoms with Gasteiger partial charge in [-0.15, -0.1) is 0 Å². The fraction of sp³-hybridized carbons (Fsp3) is 1.00. The summed E-state index contributed by atoms with van der Waals surface area (Å²) in [6.45, 7) is 6.97. The van der Waals surface area contributed by atoms with Crippen LogP contribution in [0.15, 0.2) is 0 Å². The predicted molar refractivity (Wildman–Crippen MR) is 190 cm³/mol. The Labute approximate surface area is 259 Å². The lowest BCUT2D eigenvalue weighted by Crippen LogP contribution is -2.12. The molecule has 0 aromatic carbocycles. The van der Waals surface area contributed by atoms with Crippen molar-refractivity contribution in [2.24, 2.45) is 0 Å². The van der Waals surface area contributed by atoms with Gasteiger partial charge >= 0.3 is 0 Å². The van der Waals surface area contributed by atoms with Crippen molar-refractivity contribution in [3.8, 4) is 0 Å². The summed E-state index contributed by atoms with van der Waals surface area (Å²) in [5.74, 6) is 0. The standard InChI is InChI=1S/C39H81Si/c1-4-7-10-13-16-19-22-25-28-31-34-37-40(38-35-32-29-26-23-20-17-14-11-8-5-2)39-36-33-30-27-24-21-18-15-12-9-6-3/h4-39H2,1-3H3. The first-order valence-corrected chi connectivity index (χ1v) is 21.8. The molecule has 0 nitrogen and oxygen atoms in total. The number of hydrogen-bond donors (Lipinski definition) is 0. The molecule has 1 radical (unpaired) electrons. The van der Waals surface area contributed by atoms with Gasteiger partial charge in [0.1, 0.15) is 0 Å². The van der Waals surface area contributed by atoms with Crippen molar-refractivity contribution in [2.75, 3.05) is 0 Å². The van der Waals surface area contributed by atoms with Gasteiger partial charge in [0.05, 0.1) is 0 Å². The molecule has 0 aromatic heterocycles. The lowest BCUT2D eigenvalue weighted by Gasteiger charge is -2.15. The van der Waals surface area contributed by atoms with Gasteiger partial charge in [0.25, 0.3) is 0 Å². The number of hydrogen-bond acceptors (Lipinski definition) is 0. The van der Waals surface area contributed by atoms with Gasteiger partial charge in [-0.05, 0) is 0 Å². The molecule has 40 heavy (non-hydrogen) atoms. The summed E-state index contributed by atoms with van der Waals surface area (Å²) in [7, 11) is -0.0737. The van der Waals surface area contributed by atoms with E-state index in [4.69, 9.17) is 0 Å². The van der Waals surface area contributed by atoms with Gasteiger partial charge in [0.2, 0.25) is 0 Å². The first-order valence-electron chi connectivity index (χ1n) is 19.7. The van der Waals surface area contributed by atoms with Crippen LogP contribution in [0.25, 0.3) is 0 Å². The third-order valence-corrected chi connectivity index (χ3v) is 12.6. The van der Waals surface area contributed by atoms with Crippen LogP contribution in [0.4, 0.5) is 0 Å². The Balaban J connectivity index is 3.89. The monoisotopic (exact) mass is 578 g/mol. The van der Waals surface area contributed by atoms with E-state index in [1.165, 1.54) is 193 Å². The summed E-state index contributed by atoms with van der Waals surface area (Å²) in [4.78, 5) is 0. The van der Waals surface area contributed by atoms with E-state index in [9.17, 15) is 0 Å². The molecule has 0 saturated carbocycles. The van der Waals surface area contributed by atoms with Crippen LogP contribution in [-0.4, -0.2) is 8.80 Å². The van der Waals surface area contributed by atoms with Crippen LogP contribution in [-0.2, 0) is 0 Å². The van der Waals surface area contributed by atoms with Gasteiger partial charge in [-0.2, -0.15) is 0 Å². The Morgan fingerprint density at radius 2 is 0.350 bits per heavy atom. The minimum absolute atomic E-state index is 0.0737. The first-order chi connectivity index (χ1) is 19.8. The molecule has 241 valence electrons. The van der Waals surface area contributed by atoms with Crippen molar-refractivity contribution in [1.29, 1.82) is 0 Å². The lowest BCUT2D eigenvalue weighted by molar-refractivity contribution is 0.550. The number of unbranched alkanes of at least 4 members (excludes halogenated alkanes) is 30. The highest BCUT2D eigenvalue weighted by Crippen LogP contribution is 2.21. The molecule has 1 heteroatoms. The van der Waals surface area contributed by atoms with Crippen LogP contribution < -0.4 is 0 Å². The van der Waals surface area contributed by atoms with E-state index in [-0.39, 0.29) is 8.80 Å². The summed E-state index contributed by atoms with van der Waals surface area (Å²) in [6.07, 6.45) is 49.1. The van der Waals surface area contributed by atoms with Crippen molar-refractivity contribution in [3.05, 3.63) is 0 Å². The summed E-state index contributed by atoms with van der Waals surface area (Å²) in [5, 5.41) is 0. The highest BCUT2D eigenvalue weighted by atomic mass is 28.3. The second-order valence-electron chi connectivity index (χ2n) is 13.6. The van der Waals surface area contributed by atoms with E-state index in [0.29, 0.717) is 0 Å². The molecule has 0 rings (SSSR count). The topological polar surface area (TPSA) is 0 Å². The summed E-state index contributed by atoms with van der Waals surface area (Å²) >= 11 is 0. The molecule has 0 spiro atoms. The SMILES string of the molecule is CCCCCCCCCCCCC[Si](CCCCCCCCCCCCC)CCCCCCCCCCCCC. The van der Waals surface area contributed by atoms with Gasteiger partial charge < -0.3 is 0 Å². The normalized spacial score (nSPS) is 11.7. The van der Waals surface area contributed by atoms with E-state index in [1.807, 2.05) is 0 Å². The van der Waals surface area contributed by atoms with Crippen LogP contribution >= 0.6 is 0 Å². The predicted octanol–water partition coefficient (Wildman–Crippen LogP) is 15.4. The zero-order valence-electron chi connectivity index (χ0n) is 29.0. The maximum absolute atomic E-state index is 2.32. The molecule has 0 N–H and O–H groups in total. The number of rotatable bonds is 36. The molecule has 0 heterocycles. The van der Waals surface area contributed by atoms with Crippen molar-refractivity contribution >= 4 is 8.80 Å². The van der Waals surface area contributed by atoms with Crippen LogP contribution in [0.2, 0.25) is 18.1 Å². The Morgan fingerprint density at radius 3 is 0.525 bits per heavy atom. The molecule has 0 aliphatic rings. The molecule has 0 atom stereocenters. The molecular weight excluding hydrogens is 497 g/mol. The summed E-state index contributed by atoms with van der Waals surface area (Å²) in [6, 6.07) is 4.91. The molecule has 0 aliphatic heterocycles. The lowest BCUT2D eigenvalue weighted by atomic mass is 10.1. The van der Waals surface area contributed by atoms with Gasteiger partial charge in [0.15, 0.2) is 0 Å². The summed E-state index contributed by atoms with van der Waals surface area (Å²) in [5.41, 5.74) is 0. The highest BCUT2D eigenvalue weighted by molar-refractivity contribution is 6.58. The third kappa shape index (κ3) is 34.4. The van der Waals surface area contributed by atoms with E-state index in [0.717, 1.165) is 0 Å². The second kappa shape index (κ2) is 37.2. The van der Waals surface area contributed by atoms with Crippen LogP contribution in [0.1, 0.15) is 233 Å². The van der Waals surface area contributed by atoms with E-state index >= 15 is 0 Å². The minimum atomic E-state index is -0.0737. The minimum Gasteiger partial charge on any atom is -0.0654 e. The van der Waals surface area contributed by atoms with E-state index in [2.05, 4.69) is 20.8 Å². The zero-order chi connectivity index (χ0) is 29.0. The molecule has 0 saturated heterocycles. The molecular formula is C39H81Si. The Bertz CT molecular complexity index is 357. The maximum atomic E-state index is 2.32. The molecule has 0 fully saturated rings. The largest absolute Gasteiger partial charge is 0.0654 e. The van der Waals surface area contributed by atoms with Crippen LogP contribution in [0.5, 0.6) is 0 Å². The van der Waals surface area contributed by atoms with Crippen LogP contribution in [0.3, 0.4) is 0 Å². The van der Waals surface area contributed by atoms with Crippen molar-refractivity contribution in [1.82, 2.24) is 0 Å². The van der Waals surface area contributed by atoms with Crippen molar-refractivity contribution < 1.29 is 0 Å². The van der Waals surface area contributed by atoms with E-state index in [1.54, 1.807) is 37.4 Å².